The first-order valence-corrected chi connectivity index (χ1v) is 7.39. The number of carbonyl (C=O) groups is 1. The number of hydrogen-bond acceptors (Lipinski definition) is 4. The third kappa shape index (κ3) is 2.62. The summed E-state index contributed by atoms with van der Waals surface area (Å²) in [5.41, 5.74) is 0.705. The molecule has 1 aromatic carbocycles. The molecule has 0 unspecified atom stereocenters. The molecule has 1 saturated heterocycles. The largest absolute Gasteiger partial charge is 0.486 e. The predicted molar refractivity (Wildman–Crippen MR) is 75.1 cm³/mol. The zero-order valence-corrected chi connectivity index (χ0v) is 12.2. The second kappa shape index (κ2) is 5.51. The molecule has 0 aromatic heterocycles. The Kier molecular flexibility index (Phi) is 3.75. The van der Waals surface area contributed by atoms with Gasteiger partial charge in [0.1, 0.15) is 13.2 Å². The fraction of sp³-hybridized carbons (Fsp3) is 0.500. The van der Waals surface area contributed by atoms with Crippen molar-refractivity contribution in [2.45, 2.75) is 12.8 Å². The Balaban J connectivity index is 1.89. The molecular formula is C14H16BrNO3. The Hall–Kier alpha value is -1.07. The van der Waals surface area contributed by atoms with Crippen molar-refractivity contribution in [3.8, 4) is 11.5 Å². The standard InChI is InChI=1S/C14H16BrNO3/c15-11-8-13-12(18-5-6-19-13)7-10(11)14(17)9-1-3-16-4-2-9/h7-9,16H,1-6H2. The SMILES string of the molecule is O=C(c1cc2c(cc1Br)OCCO2)C1CCNCC1. The molecule has 0 atom stereocenters. The summed E-state index contributed by atoms with van der Waals surface area (Å²) in [6, 6.07) is 3.64. The molecule has 0 radical (unpaired) electrons. The Labute approximate surface area is 120 Å². The average Bonchev–Trinajstić information content (AvgIpc) is 2.47. The Bertz CT molecular complexity index is 498. The number of benzene rings is 1. The molecule has 1 aromatic rings. The van der Waals surface area contributed by atoms with E-state index in [-0.39, 0.29) is 11.7 Å². The first kappa shape index (κ1) is 12.9. The van der Waals surface area contributed by atoms with Crippen LogP contribution in [0.15, 0.2) is 16.6 Å². The van der Waals surface area contributed by atoms with Crippen LogP contribution in [0.25, 0.3) is 0 Å². The summed E-state index contributed by atoms with van der Waals surface area (Å²) in [4.78, 5) is 12.6. The minimum atomic E-state index is 0.111. The van der Waals surface area contributed by atoms with E-state index in [0.717, 1.165) is 30.4 Å². The number of fused-ring (bicyclic) bond motifs is 1. The van der Waals surface area contributed by atoms with Crippen LogP contribution >= 0.6 is 15.9 Å². The van der Waals surface area contributed by atoms with E-state index in [1.165, 1.54) is 0 Å². The molecule has 102 valence electrons. The molecule has 0 aliphatic carbocycles. The van der Waals surface area contributed by atoms with E-state index in [0.29, 0.717) is 30.3 Å². The number of carbonyl (C=O) groups excluding carboxylic acids is 1. The van der Waals surface area contributed by atoms with Gasteiger partial charge in [0.2, 0.25) is 0 Å². The summed E-state index contributed by atoms with van der Waals surface area (Å²) >= 11 is 3.47. The molecule has 0 spiro atoms. The van der Waals surface area contributed by atoms with Crippen molar-refractivity contribution in [2.75, 3.05) is 26.3 Å². The van der Waals surface area contributed by atoms with Crippen molar-refractivity contribution in [2.24, 2.45) is 5.92 Å². The number of rotatable bonds is 2. The second-order valence-corrected chi connectivity index (χ2v) is 5.72. The van der Waals surface area contributed by atoms with Crippen LogP contribution in [0.1, 0.15) is 23.2 Å². The lowest BCUT2D eigenvalue weighted by Crippen LogP contribution is -2.32. The lowest BCUT2D eigenvalue weighted by Gasteiger charge is -2.23. The summed E-state index contributed by atoms with van der Waals surface area (Å²) in [6.45, 7) is 2.92. The average molecular weight is 326 g/mol. The zero-order chi connectivity index (χ0) is 13.2. The number of halogens is 1. The van der Waals surface area contributed by atoms with Gasteiger partial charge in [0.25, 0.3) is 0 Å². The van der Waals surface area contributed by atoms with Crippen LogP contribution in [0, 0.1) is 5.92 Å². The van der Waals surface area contributed by atoms with Crippen molar-refractivity contribution in [3.05, 3.63) is 22.2 Å². The van der Waals surface area contributed by atoms with Crippen LogP contribution in [-0.2, 0) is 0 Å². The van der Waals surface area contributed by atoms with Crippen LogP contribution in [0.4, 0.5) is 0 Å². The minimum Gasteiger partial charge on any atom is -0.486 e. The Morgan fingerprint density at radius 1 is 1.16 bits per heavy atom. The lowest BCUT2D eigenvalue weighted by molar-refractivity contribution is 0.0893. The maximum absolute atomic E-state index is 12.6. The van der Waals surface area contributed by atoms with Crippen molar-refractivity contribution in [3.63, 3.8) is 0 Å². The Morgan fingerprint density at radius 2 is 1.79 bits per heavy atom. The van der Waals surface area contributed by atoms with Gasteiger partial charge in [-0.2, -0.15) is 0 Å². The summed E-state index contributed by atoms with van der Waals surface area (Å²) in [6.07, 6.45) is 1.80. The highest BCUT2D eigenvalue weighted by molar-refractivity contribution is 9.10. The first-order valence-electron chi connectivity index (χ1n) is 6.60. The van der Waals surface area contributed by atoms with Crippen molar-refractivity contribution >= 4 is 21.7 Å². The molecule has 4 nitrogen and oxygen atoms in total. The number of Topliss-reactive ketones (excluding diaryl/α,β-unsaturated/α-hetero) is 1. The van der Waals surface area contributed by atoms with E-state index in [1.54, 1.807) is 0 Å². The molecule has 5 heteroatoms. The molecule has 19 heavy (non-hydrogen) atoms. The van der Waals surface area contributed by atoms with Crippen LogP contribution in [0.5, 0.6) is 11.5 Å². The van der Waals surface area contributed by atoms with E-state index >= 15 is 0 Å². The smallest absolute Gasteiger partial charge is 0.167 e. The van der Waals surface area contributed by atoms with Crippen LogP contribution < -0.4 is 14.8 Å². The van der Waals surface area contributed by atoms with Crippen LogP contribution in [0.3, 0.4) is 0 Å². The third-order valence-electron chi connectivity index (χ3n) is 3.61. The molecule has 0 bridgehead atoms. The number of ether oxygens (including phenoxy) is 2. The van der Waals surface area contributed by atoms with Gasteiger partial charge < -0.3 is 14.8 Å². The molecule has 2 aliphatic heterocycles. The van der Waals surface area contributed by atoms with Gasteiger partial charge in [0.15, 0.2) is 17.3 Å². The molecule has 2 aliphatic rings. The first-order chi connectivity index (χ1) is 9.25. The monoisotopic (exact) mass is 325 g/mol. The van der Waals surface area contributed by atoms with Gasteiger partial charge in [-0.15, -0.1) is 0 Å². The number of piperidine rings is 1. The molecule has 0 saturated carbocycles. The third-order valence-corrected chi connectivity index (χ3v) is 4.26. The van der Waals surface area contributed by atoms with Gasteiger partial charge in [0.05, 0.1) is 0 Å². The van der Waals surface area contributed by atoms with E-state index in [1.807, 2.05) is 12.1 Å². The quantitative estimate of drug-likeness (QED) is 0.848. The van der Waals surface area contributed by atoms with Crippen molar-refractivity contribution in [1.82, 2.24) is 5.32 Å². The number of hydrogen-bond donors (Lipinski definition) is 1. The van der Waals surface area contributed by atoms with Crippen LogP contribution in [-0.4, -0.2) is 32.1 Å². The molecule has 1 N–H and O–H groups in total. The molecule has 2 heterocycles. The highest BCUT2D eigenvalue weighted by Gasteiger charge is 2.26. The van der Waals surface area contributed by atoms with E-state index in [4.69, 9.17) is 9.47 Å². The maximum Gasteiger partial charge on any atom is 0.167 e. The summed E-state index contributed by atoms with van der Waals surface area (Å²) in [5.74, 6) is 1.69. The van der Waals surface area contributed by atoms with Gasteiger partial charge in [-0.05, 0) is 54.0 Å². The van der Waals surface area contributed by atoms with E-state index in [2.05, 4.69) is 21.2 Å². The number of ketones is 1. The lowest BCUT2D eigenvalue weighted by atomic mass is 9.89. The molecular weight excluding hydrogens is 310 g/mol. The molecule has 1 fully saturated rings. The summed E-state index contributed by atoms with van der Waals surface area (Å²) in [5, 5.41) is 3.28. The van der Waals surface area contributed by atoms with Gasteiger partial charge in [-0.1, -0.05) is 0 Å². The summed E-state index contributed by atoms with van der Waals surface area (Å²) in [7, 11) is 0. The molecule has 3 rings (SSSR count). The topological polar surface area (TPSA) is 47.6 Å². The summed E-state index contributed by atoms with van der Waals surface area (Å²) < 4.78 is 11.8. The normalized spacial score (nSPS) is 19.2. The number of nitrogens with one attached hydrogen (secondary N) is 1. The van der Waals surface area contributed by atoms with E-state index < -0.39 is 0 Å². The van der Waals surface area contributed by atoms with Gasteiger partial charge in [0, 0.05) is 16.0 Å². The molecule has 0 amide bonds. The Morgan fingerprint density at radius 3 is 2.47 bits per heavy atom. The minimum absolute atomic E-state index is 0.111. The zero-order valence-electron chi connectivity index (χ0n) is 10.6. The highest BCUT2D eigenvalue weighted by Crippen LogP contribution is 2.37. The van der Waals surface area contributed by atoms with Crippen LogP contribution in [0.2, 0.25) is 0 Å². The predicted octanol–water partition coefficient (Wildman–Crippen LogP) is 2.40. The highest BCUT2D eigenvalue weighted by atomic mass is 79.9. The fourth-order valence-corrected chi connectivity index (χ4v) is 3.07. The van der Waals surface area contributed by atoms with Gasteiger partial charge in [-0.25, -0.2) is 0 Å². The maximum atomic E-state index is 12.6. The van der Waals surface area contributed by atoms with Crippen molar-refractivity contribution in [1.29, 1.82) is 0 Å². The second-order valence-electron chi connectivity index (χ2n) is 4.86. The van der Waals surface area contributed by atoms with Crippen molar-refractivity contribution < 1.29 is 14.3 Å². The van der Waals surface area contributed by atoms with Gasteiger partial charge >= 0.3 is 0 Å². The van der Waals surface area contributed by atoms with E-state index in [9.17, 15) is 4.79 Å². The fourth-order valence-electron chi connectivity index (χ4n) is 2.56. The van der Waals surface area contributed by atoms with Gasteiger partial charge in [-0.3, -0.25) is 4.79 Å².